The number of benzene rings is 1. The lowest BCUT2D eigenvalue weighted by Gasteiger charge is -2.29. The number of carbonyl (C=O) groups is 1. The van der Waals surface area contributed by atoms with Crippen molar-refractivity contribution in [3.05, 3.63) is 52.8 Å². The minimum Gasteiger partial charge on any atom is -0.382 e. The average molecular weight is 476 g/mol. The summed E-state index contributed by atoms with van der Waals surface area (Å²) in [5, 5.41) is 2.95. The average Bonchev–Trinajstić information content (AvgIpc) is 2.80. The van der Waals surface area contributed by atoms with E-state index in [1.54, 1.807) is 16.7 Å². The topological polar surface area (TPSA) is 97.7 Å². The lowest BCUT2D eigenvalue weighted by atomic mass is 10.0. The summed E-state index contributed by atoms with van der Waals surface area (Å²) in [7, 11) is -3.72. The van der Waals surface area contributed by atoms with Gasteiger partial charge in [0, 0.05) is 51.0 Å². The summed E-state index contributed by atoms with van der Waals surface area (Å²) in [4.78, 5) is 26.0. The van der Waals surface area contributed by atoms with Crippen LogP contribution in [-0.2, 0) is 21.3 Å². The lowest BCUT2D eigenvalue weighted by molar-refractivity contribution is 0.0942. The van der Waals surface area contributed by atoms with E-state index in [1.165, 1.54) is 22.6 Å². The first kappa shape index (κ1) is 25.1. The molecule has 180 valence electrons. The van der Waals surface area contributed by atoms with Crippen LogP contribution in [0.4, 0.5) is 0 Å². The number of nitrogens with zero attached hydrogens (tertiary/aromatic N) is 2. The Kier molecular flexibility index (Phi) is 8.45. The maximum Gasteiger partial charge on any atom is 0.256 e. The number of fused-ring (bicyclic) bond motifs is 1. The highest BCUT2D eigenvalue weighted by atomic mass is 32.2. The van der Waals surface area contributed by atoms with Crippen LogP contribution in [0.5, 0.6) is 0 Å². The molecule has 0 unspecified atom stereocenters. The number of nitrogens with one attached hydrogen (secondary N) is 1. The Morgan fingerprint density at radius 1 is 1.30 bits per heavy atom. The van der Waals surface area contributed by atoms with Gasteiger partial charge in [-0.2, -0.15) is 4.31 Å². The molecule has 1 aliphatic rings. The number of allylic oxidation sites excluding steroid dienone is 1. The van der Waals surface area contributed by atoms with Crippen LogP contribution in [0.15, 0.2) is 46.7 Å². The SMILES string of the molecule is C=CCn1cc(C(=O)NCCCOCC)c(=O)c2cc(S(=O)(=O)N3CCC(C)CC3)ccc21. The van der Waals surface area contributed by atoms with Crippen LogP contribution in [0.1, 0.15) is 43.5 Å². The molecule has 2 aromatic rings. The molecule has 9 heteroatoms. The van der Waals surface area contributed by atoms with Crippen LogP contribution in [0.25, 0.3) is 10.9 Å². The Hall–Kier alpha value is -2.49. The van der Waals surface area contributed by atoms with E-state index in [0.29, 0.717) is 57.2 Å². The van der Waals surface area contributed by atoms with E-state index in [9.17, 15) is 18.0 Å². The summed E-state index contributed by atoms with van der Waals surface area (Å²) in [5.41, 5.74) is 0.0399. The fourth-order valence-electron chi connectivity index (χ4n) is 3.98. The van der Waals surface area contributed by atoms with Gasteiger partial charge in [-0.3, -0.25) is 9.59 Å². The molecule has 0 bridgehead atoms. The molecule has 0 aliphatic carbocycles. The van der Waals surface area contributed by atoms with Crippen molar-refractivity contribution in [3.63, 3.8) is 0 Å². The Bertz CT molecular complexity index is 1160. The number of carbonyl (C=O) groups excluding carboxylic acids is 1. The van der Waals surface area contributed by atoms with Crippen molar-refractivity contribution >= 4 is 26.8 Å². The monoisotopic (exact) mass is 475 g/mol. The highest BCUT2D eigenvalue weighted by Gasteiger charge is 2.28. The third-order valence-corrected chi connectivity index (χ3v) is 7.85. The normalized spacial score (nSPS) is 15.6. The number of pyridine rings is 1. The second-order valence-corrected chi connectivity index (χ2v) is 10.3. The molecule has 0 spiro atoms. The van der Waals surface area contributed by atoms with Crippen LogP contribution in [0, 0.1) is 5.92 Å². The van der Waals surface area contributed by atoms with Crippen LogP contribution >= 0.6 is 0 Å². The molecule has 0 atom stereocenters. The zero-order valence-electron chi connectivity index (χ0n) is 19.4. The van der Waals surface area contributed by atoms with E-state index in [-0.39, 0.29) is 15.8 Å². The maximum absolute atomic E-state index is 13.2. The predicted molar refractivity (Wildman–Crippen MR) is 129 cm³/mol. The molecule has 0 saturated carbocycles. The number of rotatable bonds is 10. The van der Waals surface area contributed by atoms with Crippen LogP contribution < -0.4 is 10.7 Å². The Labute approximate surface area is 195 Å². The zero-order chi connectivity index (χ0) is 24.0. The third-order valence-electron chi connectivity index (χ3n) is 5.96. The van der Waals surface area contributed by atoms with Gasteiger partial charge in [0.15, 0.2) is 0 Å². The Morgan fingerprint density at radius 3 is 2.70 bits per heavy atom. The van der Waals surface area contributed by atoms with Gasteiger partial charge in [0.1, 0.15) is 5.56 Å². The molecule has 1 N–H and O–H groups in total. The fraction of sp³-hybridized carbons (Fsp3) is 0.500. The zero-order valence-corrected chi connectivity index (χ0v) is 20.2. The summed E-state index contributed by atoms with van der Waals surface area (Å²) in [6.45, 7) is 10.6. The van der Waals surface area contributed by atoms with Gasteiger partial charge in [-0.1, -0.05) is 13.0 Å². The molecule has 0 radical (unpaired) electrons. The lowest BCUT2D eigenvalue weighted by Crippen LogP contribution is -2.38. The van der Waals surface area contributed by atoms with Crippen molar-refractivity contribution in [1.82, 2.24) is 14.2 Å². The number of hydrogen-bond donors (Lipinski definition) is 1. The molecule has 1 saturated heterocycles. The fourth-order valence-corrected chi connectivity index (χ4v) is 5.48. The van der Waals surface area contributed by atoms with E-state index in [4.69, 9.17) is 4.74 Å². The number of aromatic nitrogens is 1. The van der Waals surface area contributed by atoms with Gasteiger partial charge in [-0.25, -0.2) is 8.42 Å². The molecule has 3 rings (SSSR count). The van der Waals surface area contributed by atoms with Gasteiger partial charge >= 0.3 is 0 Å². The van der Waals surface area contributed by atoms with E-state index >= 15 is 0 Å². The summed E-state index contributed by atoms with van der Waals surface area (Å²) in [5.74, 6) is 0.00301. The van der Waals surface area contributed by atoms with Crippen molar-refractivity contribution in [3.8, 4) is 0 Å². The number of ether oxygens (including phenoxy) is 1. The summed E-state index contributed by atoms with van der Waals surface area (Å²) >= 11 is 0. The van der Waals surface area contributed by atoms with E-state index in [1.807, 2.05) is 6.92 Å². The quantitative estimate of drug-likeness (QED) is 0.421. The summed E-state index contributed by atoms with van der Waals surface area (Å²) in [6.07, 6.45) is 5.42. The van der Waals surface area contributed by atoms with E-state index in [2.05, 4.69) is 18.8 Å². The van der Waals surface area contributed by atoms with Gasteiger partial charge in [-0.05, 0) is 50.3 Å². The molecule has 33 heavy (non-hydrogen) atoms. The Morgan fingerprint density at radius 2 is 2.03 bits per heavy atom. The standard InChI is InChI=1S/C24H33N3O5S/c1-4-12-26-17-21(24(29)25-11-6-15-32-5-2)23(28)20-16-19(7-8-22(20)26)33(30,31)27-13-9-18(3)10-14-27/h4,7-8,16-18H,1,5-6,9-15H2,2-3H3,(H,25,29). The number of amides is 1. The van der Waals surface area contributed by atoms with E-state index < -0.39 is 21.4 Å². The smallest absolute Gasteiger partial charge is 0.256 e. The molecular formula is C24H33N3O5S. The Balaban J connectivity index is 1.97. The highest BCUT2D eigenvalue weighted by molar-refractivity contribution is 7.89. The molecule has 1 aromatic carbocycles. The summed E-state index contributed by atoms with van der Waals surface area (Å²) in [6, 6.07) is 4.56. The first-order valence-electron chi connectivity index (χ1n) is 11.4. The number of hydrogen-bond acceptors (Lipinski definition) is 5. The molecule has 8 nitrogen and oxygen atoms in total. The van der Waals surface area contributed by atoms with E-state index in [0.717, 1.165) is 12.8 Å². The number of piperidine rings is 1. The van der Waals surface area contributed by atoms with Gasteiger partial charge in [0.2, 0.25) is 15.5 Å². The number of sulfonamides is 1. The predicted octanol–water partition coefficient (Wildman–Crippen LogP) is 2.76. The third kappa shape index (κ3) is 5.72. The van der Waals surface area contributed by atoms with Gasteiger partial charge in [-0.15, -0.1) is 6.58 Å². The van der Waals surface area contributed by atoms with Gasteiger partial charge in [0.25, 0.3) is 5.91 Å². The molecule has 1 aliphatic heterocycles. The van der Waals surface area contributed by atoms with Crippen molar-refractivity contribution in [1.29, 1.82) is 0 Å². The molecule has 1 amide bonds. The molecular weight excluding hydrogens is 442 g/mol. The van der Waals surface area contributed by atoms with Crippen LogP contribution in [-0.4, -0.2) is 56.0 Å². The van der Waals surface area contributed by atoms with Gasteiger partial charge < -0.3 is 14.6 Å². The summed E-state index contributed by atoms with van der Waals surface area (Å²) < 4.78 is 34.9. The minimum atomic E-state index is -3.72. The molecule has 1 aromatic heterocycles. The van der Waals surface area contributed by atoms with Crippen LogP contribution in [0.3, 0.4) is 0 Å². The first-order chi connectivity index (χ1) is 15.8. The van der Waals surface area contributed by atoms with Gasteiger partial charge in [0.05, 0.1) is 10.4 Å². The minimum absolute atomic E-state index is 0.0258. The second-order valence-electron chi connectivity index (χ2n) is 8.38. The first-order valence-corrected chi connectivity index (χ1v) is 12.9. The van der Waals surface area contributed by atoms with Crippen molar-refractivity contribution in [2.45, 2.75) is 44.6 Å². The second kappa shape index (κ2) is 11.1. The van der Waals surface area contributed by atoms with Crippen molar-refractivity contribution in [2.24, 2.45) is 5.92 Å². The van der Waals surface area contributed by atoms with Crippen LogP contribution in [0.2, 0.25) is 0 Å². The van der Waals surface area contributed by atoms with Crippen molar-refractivity contribution < 1.29 is 17.9 Å². The maximum atomic E-state index is 13.2. The highest BCUT2D eigenvalue weighted by Crippen LogP contribution is 2.25. The molecule has 2 heterocycles. The molecule has 1 fully saturated rings. The largest absolute Gasteiger partial charge is 0.382 e. The van der Waals surface area contributed by atoms with Crippen molar-refractivity contribution in [2.75, 3.05) is 32.8 Å².